The van der Waals surface area contributed by atoms with Gasteiger partial charge >= 0.3 is 12.8 Å². The van der Waals surface area contributed by atoms with E-state index in [-0.39, 0.29) is 42.7 Å². The number of guanidine groups is 1. The summed E-state index contributed by atoms with van der Waals surface area (Å²) in [6, 6.07) is 6.33. The number of hydrogen-bond acceptors (Lipinski definition) is 4. The number of rotatable bonds is 7. The average molecular weight is 536 g/mol. The second-order valence-corrected chi connectivity index (χ2v) is 6.16. The summed E-state index contributed by atoms with van der Waals surface area (Å²) in [6.07, 6.45) is -4.17. The van der Waals surface area contributed by atoms with Crippen LogP contribution < -0.4 is 15.4 Å². The molecule has 0 saturated heterocycles. The van der Waals surface area contributed by atoms with Crippen LogP contribution in [0.15, 0.2) is 34.6 Å². The van der Waals surface area contributed by atoms with E-state index in [4.69, 9.17) is 0 Å². The molecule has 28 heavy (non-hydrogen) atoms. The minimum atomic E-state index is -4.45. The summed E-state index contributed by atoms with van der Waals surface area (Å²) in [5, 5.41) is 7.19. The zero-order chi connectivity index (χ0) is 19.9. The van der Waals surface area contributed by atoms with Gasteiger partial charge in [0, 0.05) is 37.5 Å². The van der Waals surface area contributed by atoms with Crippen LogP contribution in [0.2, 0.25) is 0 Å². The molecule has 0 saturated carbocycles. The summed E-state index contributed by atoms with van der Waals surface area (Å²) in [4.78, 5) is 7.52. The Morgan fingerprint density at radius 1 is 1.25 bits per heavy atom. The molecule has 1 aromatic heterocycles. The van der Waals surface area contributed by atoms with Gasteiger partial charge in [-0.2, -0.15) is 22.0 Å². The van der Waals surface area contributed by atoms with Crippen LogP contribution in [-0.2, 0) is 19.1 Å². The standard InChI is InChI=1S/C16H17F5N4OS.HI/c1-22-15(23-7-6-13-25-12(9-27-13)16(19,20)21)24-8-10-4-2-3-5-11(10)26-14(17)18;/h2-5,9,14H,6-8H2,1H3,(H2,22,23,24);1H. The molecule has 2 N–H and O–H groups in total. The SMILES string of the molecule is CN=C(NCCc1nc(C(F)(F)F)cs1)NCc1ccccc1OC(F)F.I. The maximum Gasteiger partial charge on any atom is 0.434 e. The van der Waals surface area contributed by atoms with Crippen LogP contribution in [0.3, 0.4) is 0 Å². The van der Waals surface area contributed by atoms with Crippen molar-refractivity contribution in [3.05, 3.63) is 45.9 Å². The van der Waals surface area contributed by atoms with Gasteiger partial charge in [-0.25, -0.2) is 4.98 Å². The van der Waals surface area contributed by atoms with Crippen LogP contribution in [0.25, 0.3) is 0 Å². The lowest BCUT2D eigenvalue weighted by Crippen LogP contribution is -2.38. The summed E-state index contributed by atoms with van der Waals surface area (Å²) < 4.78 is 66.8. The van der Waals surface area contributed by atoms with Gasteiger partial charge in [-0.15, -0.1) is 35.3 Å². The van der Waals surface area contributed by atoms with Gasteiger partial charge in [0.15, 0.2) is 11.7 Å². The Morgan fingerprint density at radius 2 is 1.96 bits per heavy atom. The van der Waals surface area contributed by atoms with E-state index in [1.54, 1.807) is 18.2 Å². The highest BCUT2D eigenvalue weighted by molar-refractivity contribution is 14.0. The first-order valence-electron chi connectivity index (χ1n) is 7.78. The van der Waals surface area contributed by atoms with Gasteiger partial charge < -0.3 is 15.4 Å². The van der Waals surface area contributed by atoms with Crippen LogP contribution in [0, 0.1) is 0 Å². The molecule has 156 valence electrons. The Labute approximate surface area is 179 Å². The minimum Gasteiger partial charge on any atom is -0.434 e. The van der Waals surface area contributed by atoms with Crippen molar-refractivity contribution in [2.45, 2.75) is 25.8 Å². The molecule has 0 unspecified atom stereocenters. The van der Waals surface area contributed by atoms with Gasteiger partial charge in [-0.1, -0.05) is 18.2 Å². The number of benzene rings is 1. The van der Waals surface area contributed by atoms with Gasteiger partial charge in [0.2, 0.25) is 0 Å². The fourth-order valence-corrected chi connectivity index (χ4v) is 2.91. The van der Waals surface area contributed by atoms with E-state index in [9.17, 15) is 22.0 Å². The molecule has 0 radical (unpaired) electrons. The number of nitrogens with one attached hydrogen (secondary N) is 2. The molecule has 1 aromatic carbocycles. The Hall–Kier alpha value is -1.70. The van der Waals surface area contributed by atoms with Crippen molar-refractivity contribution in [1.82, 2.24) is 15.6 Å². The number of aromatic nitrogens is 1. The maximum absolute atomic E-state index is 12.5. The van der Waals surface area contributed by atoms with Gasteiger partial charge in [0.1, 0.15) is 5.75 Å². The number of para-hydroxylation sites is 1. The van der Waals surface area contributed by atoms with Crippen molar-refractivity contribution in [3.63, 3.8) is 0 Å². The van der Waals surface area contributed by atoms with Crippen molar-refractivity contribution < 1.29 is 26.7 Å². The average Bonchev–Trinajstić information content (AvgIpc) is 3.08. The molecule has 2 rings (SSSR count). The third-order valence-electron chi connectivity index (χ3n) is 3.33. The summed E-state index contributed by atoms with van der Waals surface area (Å²) in [5.41, 5.74) is -0.392. The quantitative estimate of drug-likeness (QED) is 0.240. The molecule has 0 aliphatic carbocycles. The van der Waals surface area contributed by atoms with E-state index in [0.717, 1.165) is 16.7 Å². The van der Waals surface area contributed by atoms with Crippen molar-refractivity contribution >= 4 is 41.3 Å². The second-order valence-electron chi connectivity index (χ2n) is 5.21. The van der Waals surface area contributed by atoms with Crippen molar-refractivity contribution in [2.24, 2.45) is 4.99 Å². The largest absolute Gasteiger partial charge is 0.434 e. The second kappa shape index (κ2) is 11.3. The number of thiazole rings is 1. The van der Waals surface area contributed by atoms with Crippen LogP contribution in [-0.4, -0.2) is 31.1 Å². The lowest BCUT2D eigenvalue weighted by Gasteiger charge is -2.14. The molecular formula is C16H18F5IN4OS. The Morgan fingerprint density at radius 3 is 2.57 bits per heavy atom. The van der Waals surface area contributed by atoms with Gasteiger partial charge in [-0.05, 0) is 6.07 Å². The van der Waals surface area contributed by atoms with E-state index in [0.29, 0.717) is 23.1 Å². The van der Waals surface area contributed by atoms with E-state index >= 15 is 0 Å². The summed E-state index contributed by atoms with van der Waals surface area (Å²) in [6.45, 7) is -2.44. The highest BCUT2D eigenvalue weighted by Gasteiger charge is 2.33. The van der Waals surface area contributed by atoms with Crippen LogP contribution in [0.1, 0.15) is 16.3 Å². The molecule has 0 bridgehead atoms. The fourth-order valence-electron chi connectivity index (χ4n) is 2.10. The van der Waals surface area contributed by atoms with Crippen molar-refractivity contribution in [3.8, 4) is 5.75 Å². The number of ether oxygens (including phenoxy) is 1. The highest BCUT2D eigenvalue weighted by atomic mass is 127. The minimum absolute atomic E-state index is 0. The predicted octanol–water partition coefficient (Wildman–Crippen LogP) is 4.29. The van der Waals surface area contributed by atoms with Crippen LogP contribution in [0.5, 0.6) is 5.75 Å². The zero-order valence-electron chi connectivity index (χ0n) is 14.6. The predicted molar refractivity (Wildman–Crippen MR) is 108 cm³/mol. The number of halogens is 6. The molecule has 0 fully saturated rings. The van der Waals surface area contributed by atoms with Gasteiger partial charge in [0.05, 0.1) is 5.01 Å². The first-order chi connectivity index (χ1) is 12.8. The summed E-state index contributed by atoms with van der Waals surface area (Å²) >= 11 is 0.935. The number of nitrogens with zero attached hydrogens (tertiary/aromatic N) is 2. The van der Waals surface area contributed by atoms with E-state index in [1.165, 1.54) is 13.1 Å². The fraction of sp³-hybridized carbons (Fsp3) is 0.375. The molecule has 12 heteroatoms. The Balaban J connectivity index is 0.00000392. The Bertz CT molecular complexity index is 769. The molecule has 0 aliphatic rings. The third kappa shape index (κ3) is 7.73. The number of hydrogen-bond donors (Lipinski definition) is 2. The zero-order valence-corrected chi connectivity index (χ0v) is 17.7. The topological polar surface area (TPSA) is 58.5 Å². The van der Waals surface area contributed by atoms with Gasteiger partial charge in [-0.3, -0.25) is 4.99 Å². The van der Waals surface area contributed by atoms with E-state index < -0.39 is 18.5 Å². The molecule has 5 nitrogen and oxygen atoms in total. The molecule has 0 aliphatic heterocycles. The molecule has 2 aromatic rings. The Kier molecular flexibility index (Phi) is 9.85. The van der Waals surface area contributed by atoms with Crippen LogP contribution >= 0.6 is 35.3 Å². The lowest BCUT2D eigenvalue weighted by molar-refractivity contribution is -0.140. The van der Waals surface area contributed by atoms with E-state index in [1.807, 2.05) is 0 Å². The first-order valence-corrected chi connectivity index (χ1v) is 8.66. The molecular weight excluding hydrogens is 518 g/mol. The monoisotopic (exact) mass is 536 g/mol. The normalized spacial score (nSPS) is 11.9. The number of alkyl halides is 5. The smallest absolute Gasteiger partial charge is 0.434 e. The summed E-state index contributed by atoms with van der Waals surface area (Å²) in [7, 11) is 1.52. The van der Waals surface area contributed by atoms with Crippen molar-refractivity contribution in [1.29, 1.82) is 0 Å². The first kappa shape index (κ1) is 24.3. The summed E-state index contributed by atoms with van der Waals surface area (Å²) in [5.74, 6) is 0.423. The third-order valence-corrected chi connectivity index (χ3v) is 4.24. The number of aliphatic imine (C=N–C) groups is 1. The lowest BCUT2D eigenvalue weighted by atomic mass is 10.2. The molecule has 0 spiro atoms. The maximum atomic E-state index is 12.5. The van der Waals surface area contributed by atoms with Crippen LogP contribution in [0.4, 0.5) is 22.0 Å². The molecule has 0 atom stereocenters. The van der Waals surface area contributed by atoms with Crippen molar-refractivity contribution in [2.75, 3.05) is 13.6 Å². The highest BCUT2D eigenvalue weighted by Crippen LogP contribution is 2.30. The molecule has 0 amide bonds. The van der Waals surface area contributed by atoms with E-state index in [2.05, 4.69) is 25.3 Å². The van der Waals surface area contributed by atoms with Gasteiger partial charge in [0.25, 0.3) is 0 Å². The molecule has 1 heterocycles.